The van der Waals surface area contributed by atoms with Crippen LogP contribution in [-0.2, 0) is 22.7 Å². The minimum atomic E-state index is -4.50. The number of alkyl halides is 3. The highest BCUT2D eigenvalue weighted by Gasteiger charge is 2.32. The second kappa shape index (κ2) is 7.05. The van der Waals surface area contributed by atoms with Gasteiger partial charge in [-0.3, -0.25) is 0 Å². The molecule has 114 valence electrons. The van der Waals surface area contributed by atoms with E-state index in [4.69, 9.17) is 5.73 Å². The van der Waals surface area contributed by atoms with Gasteiger partial charge in [0.05, 0.1) is 11.3 Å². The first-order valence-corrected chi connectivity index (χ1v) is 7.74. The fraction of sp³-hybridized carbons (Fsp3) is 0.500. The molecular formula is C12H17F3N2O2S. The molecule has 0 aliphatic rings. The highest BCUT2D eigenvalue weighted by Crippen LogP contribution is 2.31. The maximum atomic E-state index is 12.7. The van der Waals surface area contributed by atoms with E-state index in [1.54, 1.807) is 0 Å². The Labute approximate surface area is 116 Å². The Morgan fingerprint density at radius 1 is 1.15 bits per heavy atom. The summed E-state index contributed by atoms with van der Waals surface area (Å²) in [6.45, 7) is 0.00701. The van der Waals surface area contributed by atoms with E-state index in [1.807, 2.05) is 0 Å². The molecule has 0 unspecified atom stereocenters. The predicted octanol–water partition coefficient (Wildman–Crippen LogP) is 1.86. The largest absolute Gasteiger partial charge is 0.416 e. The minimum Gasteiger partial charge on any atom is -0.330 e. The molecule has 1 aromatic rings. The van der Waals surface area contributed by atoms with Crippen LogP contribution in [0.5, 0.6) is 0 Å². The Bertz CT molecular complexity index is 530. The fourth-order valence-electron chi connectivity index (χ4n) is 1.65. The molecule has 0 aliphatic carbocycles. The van der Waals surface area contributed by atoms with Crippen LogP contribution in [0.2, 0.25) is 0 Å². The average molecular weight is 310 g/mol. The summed E-state index contributed by atoms with van der Waals surface area (Å²) in [4.78, 5) is 0. The maximum Gasteiger partial charge on any atom is 0.416 e. The lowest BCUT2D eigenvalue weighted by atomic mass is 10.1. The van der Waals surface area contributed by atoms with E-state index >= 15 is 0 Å². The second-order valence-corrected chi connectivity index (χ2v) is 6.22. The molecule has 0 bridgehead atoms. The first-order chi connectivity index (χ1) is 9.26. The maximum absolute atomic E-state index is 12.7. The summed E-state index contributed by atoms with van der Waals surface area (Å²) in [5.41, 5.74) is 4.33. The molecule has 0 spiro atoms. The van der Waals surface area contributed by atoms with Crippen LogP contribution in [-0.4, -0.2) is 20.7 Å². The Morgan fingerprint density at radius 2 is 1.80 bits per heavy atom. The lowest BCUT2D eigenvalue weighted by Gasteiger charge is -2.13. The zero-order valence-electron chi connectivity index (χ0n) is 10.8. The molecule has 8 heteroatoms. The number of halogens is 3. The van der Waals surface area contributed by atoms with Crippen LogP contribution in [0.15, 0.2) is 24.3 Å². The third-order valence-corrected chi connectivity index (χ3v) is 4.08. The number of hydrogen-bond acceptors (Lipinski definition) is 3. The summed E-state index contributed by atoms with van der Waals surface area (Å²) in [5.74, 6) is -0.140. The Kier molecular flexibility index (Phi) is 5.97. The minimum absolute atomic E-state index is 0.0950. The van der Waals surface area contributed by atoms with E-state index in [2.05, 4.69) is 4.72 Å². The van der Waals surface area contributed by atoms with Gasteiger partial charge in [-0.15, -0.1) is 0 Å². The van der Waals surface area contributed by atoms with Gasteiger partial charge in [0.25, 0.3) is 0 Å². The summed E-state index contributed by atoms with van der Waals surface area (Å²) < 4.78 is 63.6. The van der Waals surface area contributed by atoms with Gasteiger partial charge in [0.15, 0.2) is 0 Å². The molecule has 4 nitrogen and oxygen atoms in total. The Morgan fingerprint density at radius 3 is 2.40 bits per heavy atom. The summed E-state index contributed by atoms with van der Waals surface area (Å²) in [6, 6.07) is 4.89. The molecular weight excluding hydrogens is 293 g/mol. The molecule has 0 aliphatic heterocycles. The normalized spacial score (nSPS) is 12.6. The van der Waals surface area contributed by atoms with Crippen molar-refractivity contribution in [2.75, 3.05) is 12.3 Å². The third kappa shape index (κ3) is 5.48. The lowest BCUT2D eigenvalue weighted by molar-refractivity contribution is -0.138. The van der Waals surface area contributed by atoms with E-state index in [0.29, 0.717) is 19.4 Å². The van der Waals surface area contributed by atoms with Crippen molar-refractivity contribution in [1.29, 1.82) is 0 Å². The highest BCUT2D eigenvalue weighted by molar-refractivity contribution is 7.89. The van der Waals surface area contributed by atoms with E-state index in [1.165, 1.54) is 18.2 Å². The molecule has 3 N–H and O–H groups in total. The molecule has 20 heavy (non-hydrogen) atoms. The van der Waals surface area contributed by atoms with Gasteiger partial charge in [-0.25, -0.2) is 13.1 Å². The summed E-state index contributed by atoms with van der Waals surface area (Å²) in [7, 11) is -3.59. The number of unbranched alkanes of at least 4 members (excludes halogenated alkanes) is 1. The molecule has 1 rings (SSSR count). The van der Waals surface area contributed by atoms with Crippen molar-refractivity contribution in [3.8, 4) is 0 Å². The van der Waals surface area contributed by atoms with Gasteiger partial charge < -0.3 is 5.73 Å². The van der Waals surface area contributed by atoms with E-state index in [0.717, 1.165) is 6.07 Å². The van der Waals surface area contributed by atoms with E-state index in [9.17, 15) is 21.6 Å². The molecule has 0 saturated carbocycles. The molecule has 0 radical (unpaired) electrons. The van der Waals surface area contributed by atoms with Crippen LogP contribution in [0.3, 0.4) is 0 Å². The highest BCUT2D eigenvalue weighted by atomic mass is 32.2. The Balaban J connectivity index is 2.71. The van der Waals surface area contributed by atoms with Crippen molar-refractivity contribution in [2.24, 2.45) is 5.73 Å². The molecule has 0 saturated heterocycles. The van der Waals surface area contributed by atoms with Crippen LogP contribution >= 0.6 is 0 Å². The van der Waals surface area contributed by atoms with Crippen LogP contribution in [0.25, 0.3) is 0 Å². The number of hydrogen-bond donors (Lipinski definition) is 2. The van der Waals surface area contributed by atoms with Gasteiger partial charge in [-0.05, 0) is 31.0 Å². The average Bonchev–Trinajstić information content (AvgIpc) is 2.36. The quantitative estimate of drug-likeness (QED) is 0.755. The predicted molar refractivity (Wildman–Crippen MR) is 70.4 cm³/mol. The molecule has 0 amide bonds. The first kappa shape index (κ1) is 16.9. The first-order valence-electron chi connectivity index (χ1n) is 6.09. The van der Waals surface area contributed by atoms with Crippen LogP contribution < -0.4 is 10.5 Å². The number of sulfonamides is 1. The zero-order valence-corrected chi connectivity index (χ0v) is 11.6. The fourth-order valence-corrected chi connectivity index (χ4v) is 2.75. The monoisotopic (exact) mass is 310 g/mol. The van der Waals surface area contributed by atoms with Crippen molar-refractivity contribution in [3.05, 3.63) is 35.4 Å². The molecule has 0 fully saturated rings. The number of rotatable bonds is 7. The van der Waals surface area contributed by atoms with Gasteiger partial charge >= 0.3 is 6.18 Å². The zero-order chi connectivity index (χ0) is 15.2. The second-order valence-electron chi connectivity index (χ2n) is 4.29. The number of nitrogens with two attached hydrogens (primary N) is 1. The van der Waals surface area contributed by atoms with Crippen molar-refractivity contribution >= 4 is 10.0 Å². The molecule has 0 aromatic heterocycles. The third-order valence-electron chi connectivity index (χ3n) is 2.67. The van der Waals surface area contributed by atoms with Gasteiger partial charge in [0.2, 0.25) is 10.0 Å². The SMILES string of the molecule is NCCCCS(=O)(=O)NCc1ccccc1C(F)(F)F. The smallest absolute Gasteiger partial charge is 0.330 e. The van der Waals surface area contributed by atoms with E-state index in [-0.39, 0.29) is 17.9 Å². The van der Waals surface area contributed by atoms with Crippen LogP contribution in [0.4, 0.5) is 13.2 Å². The van der Waals surface area contributed by atoms with Crippen LogP contribution in [0, 0.1) is 0 Å². The van der Waals surface area contributed by atoms with Gasteiger partial charge in [0.1, 0.15) is 0 Å². The Hall–Kier alpha value is -1.12. The van der Waals surface area contributed by atoms with Crippen molar-refractivity contribution < 1.29 is 21.6 Å². The van der Waals surface area contributed by atoms with Crippen molar-refractivity contribution in [3.63, 3.8) is 0 Å². The van der Waals surface area contributed by atoms with Crippen LogP contribution in [0.1, 0.15) is 24.0 Å². The summed E-state index contributed by atoms with van der Waals surface area (Å²) in [6.07, 6.45) is -3.56. The van der Waals surface area contributed by atoms with Crippen molar-refractivity contribution in [1.82, 2.24) is 4.72 Å². The number of nitrogens with one attached hydrogen (secondary N) is 1. The van der Waals surface area contributed by atoms with Gasteiger partial charge in [-0.1, -0.05) is 18.2 Å². The summed E-state index contributed by atoms with van der Waals surface area (Å²) >= 11 is 0. The van der Waals surface area contributed by atoms with Gasteiger partial charge in [0, 0.05) is 6.54 Å². The number of benzene rings is 1. The standard InChI is InChI=1S/C12H17F3N2O2S/c13-12(14,15)11-6-2-1-5-10(11)9-17-20(18,19)8-4-3-7-16/h1-2,5-6,17H,3-4,7-9,16H2. The van der Waals surface area contributed by atoms with E-state index < -0.39 is 21.8 Å². The molecule has 0 heterocycles. The van der Waals surface area contributed by atoms with Crippen molar-refractivity contribution in [2.45, 2.75) is 25.6 Å². The molecule has 1 aromatic carbocycles. The summed E-state index contributed by atoms with van der Waals surface area (Å²) in [5, 5.41) is 0. The topological polar surface area (TPSA) is 72.2 Å². The molecule has 0 atom stereocenters. The lowest BCUT2D eigenvalue weighted by Crippen LogP contribution is -2.27. The van der Waals surface area contributed by atoms with Gasteiger partial charge in [-0.2, -0.15) is 13.2 Å².